The smallest absolute Gasteiger partial charge is 0.306 e. The molecule has 0 saturated heterocycles. The summed E-state index contributed by atoms with van der Waals surface area (Å²) in [6.45, 7) is 7.65. The molecule has 0 aliphatic rings. The van der Waals surface area contributed by atoms with E-state index in [1.807, 2.05) is 6.08 Å². The van der Waals surface area contributed by atoms with Gasteiger partial charge in [0.1, 0.15) is 6.61 Å². The zero-order chi connectivity index (χ0) is 49.2. The average molecular weight is 948 g/mol. The highest BCUT2D eigenvalue weighted by Crippen LogP contribution is 2.16. The van der Waals surface area contributed by atoms with Gasteiger partial charge in [0.05, 0.1) is 6.61 Å². The lowest BCUT2D eigenvalue weighted by Crippen LogP contribution is -2.30. The van der Waals surface area contributed by atoms with Crippen LogP contribution in [-0.4, -0.2) is 37.9 Å². The van der Waals surface area contributed by atoms with Crippen LogP contribution in [0.1, 0.15) is 278 Å². The van der Waals surface area contributed by atoms with Crippen molar-refractivity contribution in [3.8, 4) is 0 Å². The molecule has 5 heteroatoms. The van der Waals surface area contributed by atoms with E-state index in [9.17, 15) is 9.59 Å². The lowest BCUT2D eigenvalue weighted by molar-refractivity contribution is -0.162. The van der Waals surface area contributed by atoms with Gasteiger partial charge in [-0.1, -0.05) is 266 Å². The Hall–Kier alpha value is -2.92. The van der Waals surface area contributed by atoms with Crippen LogP contribution < -0.4 is 0 Å². The van der Waals surface area contributed by atoms with Crippen molar-refractivity contribution < 1.29 is 23.8 Å². The number of hydrogen-bond donors (Lipinski definition) is 0. The highest BCUT2D eigenvalue weighted by atomic mass is 16.6. The zero-order valence-corrected chi connectivity index (χ0v) is 45.1. The van der Waals surface area contributed by atoms with E-state index in [1.54, 1.807) is 0 Å². The number of carbonyl (C=O) groups is 2. The Morgan fingerprint density at radius 1 is 0.338 bits per heavy atom. The molecule has 0 aliphatic carbocycles. The fourth-order valence-electron chi connectivity index (χ4n) is 8.12. The third-order valence-corrected chi connectivity index (χ3v) is 12.4. The van der Waals surface area contributed by atoms with Gasteiger partial charge in [-0.3, -0.25) is 9.59 Å². The molecule has 0 saturated carbocycles. The Kier molecular flexibility index (Phi) is 55.9. The Morgan fingerprint density at radius 2 is 0.691 bits per heavy atom. The molecule has 0 rings (SSSR count). The Bertz CT molecular complexity index is 1250. The summed E-state index contributed by atoms with van der Waals surface area (Å²) in [5.74, 6) is -0.497. The molecule has 0 spiro atoms. The van der Waals surface area contributed by atoms with E-state index in [0.29, 0.717) is 25.9 Å². The SMILES string of the molecule is CC/C=C\C/C=C\C/C=C\C/C=C\C/C=C\C/C=C\CCC(=O)OCC(COCCCCCCCCCCCCCCCCCCCCCC)OC(=O)CCCCCCC/C=C\CCCCCC. The van der Waals surface area contributed by atoms with E-state index in [4.69, 9.17) is 14.2 Å². The van der Waals surface area contributed by atoms with Crippen LogP contribution in [-0.2, 0) is 23.8 Å². The second kappa shape index (κ2) is 58.4. The minimum Gasteiger partial charge on any atom is -0.462 e. The number of ether oxygens (including phenoxy) is 3. The molecule has 0 radical (unpaired) electrons. The quantitative estimate of drug-likeness (QED) is 0.0345. The Balaban J connectivity index is 4.33. The van der Waals surface area contributed by atoms with Crippen LogP contribution in [0.2, 0.25) is 0 Å². The fourth-order valence-corrected chi connectivity index (χ4v) is 8.12. The molecule has 392 valence electrons. The molecule has 0 aromatic rings. The first-order valence-electron chi connectivity index (χ1n) is 29.1. The van der Waals surface area contributed by atoms with E-state index >= 15 is 0 Å². The topological polar surface area (TPSA) is 61.8 Å². The number of allylic oxidation sites excluding steroid dienone is 14. The summed E-state index contributed by atoms with van der Waals surface area (Å²) in [5.41, 5.74) is 0. The van der Waals surface area contributed by atoms with Crippen molar-refractivity contribution in [3.63, 3.8) is 0 Å². The maximum Gasteiger partial charge on any atom is 0.306 e. The second-order valence-corrected chi connectivity index (χ2v) is 19.2. The highest BCUT2D eigenvalue weighted by Gasteiger charge is 2.17. The van der Waals surface area contributed by atoms with Crippen molar-refractivity contribution in [1.82, 2.24) is 0 Å². The first-order chi connectivity index (χ1) is 33.6. The number of rotatable bonds is 53. The van der Waals surface area contributed by atoms with Gasteiger partial charge in [0, 0.05) is 19.4 Å². The van der Waals surface area contributed by atoms with E-state index in [0.717, 1.165) is 77.0 Å². The molecule has 0 aromatic carbocycles. The summed E-state index contributed by atoms with van der Waals surface area (Å²) in [7, 11) is 0. The number of hydrogen-bond acceptors (Lipinski definition) is 5. The molecular formula is C63H110O5. The third kappa shape index (κ3) is 55.7. The summed E-state index contributed by atoms with van der Waals surface area (Å²) in [6, 6.07) is 0. The van der Waals surface area contributed by atoms with Crippen molar-refractivity contribution in [3.05, 3.63) is 85.1 Å². The lowest BCUT2D eigenvalue weighted by Gasteiger charge is -2.18. The maximum absolute atomic E-state index is 12.8. The van der Waals surface area contributed by atoms with E-state index < -0.39 is 6.10 Å². The van der Waals surface area contributed by atoms with Crippen molar-refractivity contribution in [1.29, 1.82) is 0 Å². The molecule has 0 fully saturated rings. The van der Waals surface area contributed by atoms with Crippen LogP contribution >= 0.6 is 0 Å². The van der Waals surface area contributed by atoms with E-state index in [-0.39, 0.29) is 25.2 Å². The molecule has 0 bridgehead atoms. The number of unbranched alkanes of at least 4 members (excludes halogenated alkanes) is 28. The molecule has 5 nitrogen and oxygen atoms in total. The standard InChI is InChI=1S/C63H110O5/c1-4-7-10-13-16-19-22-25-27-29-31-33-35-37-40-43-46-49-52-55-58-66-59-61(68-63(65)57-54-51-48-45-42-38-24-21-18-15-12-9-6-3)60-67-62(64)56-53-50-47-44-41-39-36-34-32-30-28-26-23-20-17-14-11-8-5-2/h8,11,17,20-21,24,26,28,32,34,39,41,47,50,61H,4-7,9-10,12-16,18-19,22-23,25,27,29-31,33,35-38,40,42-46,48-49,51-60H2,1-3H3/b11-8-,20-17-,24-21-,28-26-,34-32-,41-39-,50-47-. The second-order valence-electron chi connectivity index (χ2n) is 19.2. The monoisotopic (exact) mass is 947 g/mol. The summed E-state index contributed by atoms with van der Waals surface area (Å²) in [4.78, 5) is 25.5. The summed E-state index contributed by atoms with van der Waals surface area (Å²) < 4.78 is 17.4. The molecule has 0 amide bonds. The largest absolute Gasteiger partial charge is 0.462 e. The summed E-state index contributed by atoms with van der Waals surface area (Å²) in [6.07, 6.45) is 77.7. The van der Waals surface area contributed by atoms with Gasteiger partial charge in [0.15, 0.2) is 6.10 Å². The Morgan fingerprint density at radius 3 is 1.13 bits per heavy atom. The molecular weight excluding hydrogens is 837 g/mol. The van der Waals surface area contributed by atoms with Crippen LogP contribution in [0.5, 0.6) is 0 Å². The summed E-state index contributed by atoms with van der Waals surface area (Å²) in [5, 5.41) is 0. The van der Waals surface area contributed by atoms with Gasteiger partial charge in [0.2, 0.25) is 0 Å². The van der Waals surface area contributed by atoms with Gasteiger partial charge in [-0.15, -0.1) is 0 Å². The van der Waals surface area contributed by atoms with Gasteiger partial charge < -0.3 is 14.2 Å². The molecule has 68 heavy (non-hydrogen) atoms. The maximum atomic E-state index is 12.8. The van der Waals surface area contributed by atoms with Crippen molar-refractivity contribution in [2.45, 2.75) is 284 Å². The van der Waals surface area contributed by atoms with E-state index in [1.165, 1.54) is 161 Å². The molecule has 0 heterocycles. The van der Waals surface area contributed by atoms with Crippen LogP contribution in [0.3, 0.4) is 0 Å². The molecule has 1 atom stereocenters. The minimum atomic E-state index is -0.573. The van der Waals surface area contributed by atoms with E-state index in [2.05, 4.69) is 99.8 Å². The minimum absolute atomic E-state index is 0.0414. The number of esters is 2. The lowest BCUT2D eigenvalue weighted by atomic mass is 10.0. The molecule has 0 aliphatic heterocycles. The predicted molar refractivity (Wildman–Crippen MR) is 297 cm³/mol. The van der Waals surface area contributed by atoms with Gasteiger partial charge in [0.25, 0.3) is 0 Å². The highest BCUT2D eigenvalue weighted by molar-refractivity contribution is 5.70. The first-order valence-corrected chi connectivity index (χ1v) is 29.1. The molecule has 1 unspecified atom stereocenters. The van der Waals surface area contributed by atoms with Crippen molar-refractivity contribution >= 4 is 11.9 Å². The van der Waals surface area contributed by atoms with Crippen LogP contribution in [0.4, 0.5) is 0 Å². The zero-order valence-electron chi connectivity index (χ0n) is 45.1. The van der Waals surface area contributed by atoms with Gasteiger partial charge >= 0.3 is 11.9 Å². The van der Waals surface area contributed by atoms with Crippen LogP contribution in [0.15, 0.2) is 85.1 Å². The predicted octanol–water partition coefficient (Wildman–Crippen LogP) is 20.0. The average Bonchev–Trinajstić information content (AvgIpc) is 3.34. The van der Waals surface area contributed by atoms with Crippen molar-refractivity contribution in [2.75, 3.05) is 19.8 Å². The molecule has 0 aromatic heterocycles. The summed E-state index contributed by atoms with van der Waals surface area (Å²) >= 11 is 0. The number of carbonyl (C=O) groups excluding carboxylic acids is 2. The fraction of sp³-hybridized carbons (Fsp3) is 0.746. The van der Waals surface area contributed by atoms with Crippen LogP contribution in [0.25, 0.3) is 0 Å². The third-order valence-electron chi connectivity index (χ3n) is 12.4. The van der Waals surface area contributed by atoms with Gasteiger partial charge in [-0.25, -0.2) is 0 Å². The van der Waals surface area contributed by atoms with Crippen molar-refractivity contribution in [2.24, 2.45) is 0 Å². The molecule has 0 N–H and O–H groups in total. The van der Waals surface area contributed by atoms with Gasteiger partial charge in [-0.05, 0) is 83.5 Å². The van der Waals surface area contributed by atoms with Gasteiger partial charge in [-0.2, -0.15) is 0 Å². The Labute approximate surface area is 422 Å². The van der Waals surface area contributed by atoms with Crippen LogP contribution in [0, 0.1) is 0 Å². The first kappa shape index (κ1) is 65.1. The normalized spacial score (nSPS) is 12.8.